The van der Waals surface area contributed by atoms with Crippen molar-refractivity contribution in [1.82, 2.24) is 10.3 Å². The molecule has 0 radical (unpaired) electrons. The van der Waals surface area contributed by atoms with E-state index in [1.54, 1.807) is 0 Å². The highest BCUT2D eigenvalue weighted by Gasteiger charge is 2.43. The zero-order chi connectivity index (χ0) is 31.0. The van der Waals surface area contributed by atoms with Crippen LogP contribution in [0.15, 0.2) is 52.8 Å². The Labute approximate surface area is 258 Å². The molecule has 236 valence electrons. The van der Waals surface area contributed by atoms with Crippen LogP contribution in [0.5, 0.6) is 0 Å². The number of aromatic nitrogens is 1. The zero-order valence-electron chi connectivity index (χ0n) is 27.4. The minimum atomic E-state index is -0.281. The predicted octanol–water partition coefficient (Wildman–Crippen LogP) is 5.49. The maximum Gasteiger partial charge on any atom is 0.134 e. The van der Waals surface area contributed by atoms with Gasteiger partial charge in [0.15, 0.2) is 0 Å². The van der Waals surface area contributed by atoms with E-state index in [1.165, 1.54) is 11.3 Å². The number of aliphatic imine (C=N–C) groups is 1. The molecule has 0 bridgehead atoms. The van der Waals surface area contributed by atoms with Crippen molar-refractivity contribution >= 4 is 23.4 Å². The van der Waals surface area contributed by atoms with E-state index in [0.717, 1.165) is 80.7 Å². The molecule has 1 saturated heterocycles. The summed E-state index contributed by atoms with van der Waals surface area (Å²) in [7, 11) is 1.82. The standard InChI is InChI=1S/C32H47N7O2.C2H6/c1-6-31(2,3)41-21-32(4)20-39(28-14-8-23-7-13-27(33)29(23)37-28)30(26(32)19-34-5)36-22-35-24-9-11-25(12-10-24)38-15-17-40-18-16-38;1-2/h8-12,14,19,27,35-36H,6-7,13,15-18,20-22,33H2,1-5H3;1-2H3. The molecule has 2 atom stereocenters. The molecule has 0 spiro atoms. The molecule has 0 saturated carbocycles. The first-order valence-corrected chi connectivity index (χ1v) is 16.0. The van der Waals surface area contributed by atoms with Gasteiger partial charge in [0.1, 0.15) is 11.6 Å². The molecule has 2 aliphatic heterocycles. The number of morpholine rings is 1. The van der Waals surface area contributed by atoms with Crippen LogP contribution in [0, 0.1) is 5.41 Å². The Morgan fingerprint density at radius 1 is 1.14 bits per heavy atom. The highest BCUT2D eigenvalue weighted by Crippen LogP contribution is 2.41. The first-order valence-electron chi connectivity index (χ1n) is 16.0. The summed E-state index contributed by atoms with van der Waals surface area (Å²) in [6.07, 6.45) is 4.86. The number of nitrogens with one attached hydrogen (secondary N) is 2. The lowest BCUT2D eigenvalue weighted by molar-refractivity contribution is -0.0478. The molecular weight excluding hydrogens is 538 g/mol. The molecule has 9 heteroatoms. The monoisotopic (exact) mass is 591 g/mol. The summed E-state index contributed by atoms with van der Waals surface area (Å²) in [4.78, 5) is 14.2. The van der Waals surface area contributed by atoms with Crippen LogP contribution in [-0.2, 0) is 15.9 Å². The number of hydrogen-bond acceptors (Lipinski definition) is 9. The van der Waals surface area contributed by atoms with Crippen LogP contribution in [0.25, 0.3) is 0 Å². The lowest BCUT2D eigenvalue weighted by Gasteiger charge is -2.32. The molecule has 1 aliphatic carbocycles. The molecular formula is C34H53N7O2. The van der Waals surface area contributed by atoms with Crippen LogP contribution in [0.1, 0.15) is 71.7 Å². The molecule has 1 aromatic heterocycles. The fourth-order valence-electron chi connectivity index (χ4n) is 5.72. The van der Waals surface area contributed by atoms with Gasteiger partial charge in [-0.2, -0.15) is 0 Å². The fourth-order valence-corrected chi connectivity index (χ4v) is 5.72. The molecule has 9 nitrogen and oxygen atoms in total. The third-order valence-electron chi connectivity index (χ3n) is 8.72. The topological polar surface area (TPSA) is 100 Å². The van der Waals surface area contributed by atoms with Crippen LogP contribution < -0.4 is 26.2 Å². The van der Waals surface area contributed by atoms with Crippen molar-refractivity contribution in [2.24, 2.45) is 16.1 Å². The summed E-state index contributed by atoms with van der Waals surface area (Å²) < 4.78 is 12.0. The average molecular weight is 592 g/mol. The van der Waals surface area contributed by atoms with Crippen LogP contribution in [0.4, 0.5) is 17.2 Å². The number of pyridine rings is 1. The minimum absolute atomic E-state index is 0.00760. The Balaban J connectivity index is 0.00000207. The van der Waals surface area contributed by atoms with E-state index in [4.69, 9.17) is 20.2 Å². The smallest absolute Gasteiger partial charge is 0.134 e. The van der Waals surface area contributed by atoms with Gasteiger partial charge in [0, 0.05) is 61.3 Å². The number of hydrogen-bond donors (Lipinski definition) is 3. The van der Waals surface area contributed by atoms with E-state index in [9.17, 15) is 0 Å². The zero-order valence-corrected chi connectivity index (χ0v) is 27.4. The van der Waals surface area contributed by atoms with Gasteiger partial charge in [0.25, 0.3) is 0 Å². The SMILES string of the molecule is CC.CCC(C)(C)OCC1(C)CN(c2ccc3c(n2)C(N)CC3)C(NCNc2ccc(N3CCOCC3)cc2)=C1C=NC. The van der Waals surface area contributed by atoms with Crippen molar-refractivity contribution in [2.45, 2.75) is 72.4 Å². The summed E-state index contributed by atoms with van der Waals surface area (Å²) in [5.74, 6) is 1.89. The Morgan fingerprint density at radius 3 is 2.53 bits per heavy atom. The van der Waals surface area contributed by atoms with E-state index in [1.807, 2.05) is 27.1 Å². The normalized spacial score (nSPS) is 22.1. The molecule has 3 aliphatic rings. The summed E-state index contributed by atoms with van der Waals surface area (Å²) in [6, 6.07) is 12.9. The van der Waals surface area contributed by atoms with Crippen LogP contribution in [0.3, 0.4) is 0 Å². The Bertz CT molecular complexity index is 1250. The van der Waals surface area contributed by atoms with E-state index in [0.29, 0.717) is 13.3 Å². The van der Waals surface area contributed by atoms with Crippen molar-refractivity contribution in [2.75, 3.05) is 68.3 Å². The molecule has 2 unspecified atom stereocenters. The lowest BCUT2D eigenvalue weighted by atomic mass is 9.85. The highest BCUT2D eigenvalue weighted by atomic mass is 16.5. The first kappa shape index (κ1) is 32.8. The van der Waals surface area contributed by atoms with Gasteiger partial charge in [0.05, 0.1) is 37.8 Å². The molecule has 0 amide bonds. The molecule has 1 fully saturated rings. The molecule has 5 rings (SSSR count). The average Bonchev–Trinajstić information content (AvgIpc) is 3.54. The highest BCUT2D eigenvalue weighted by molar-refractivity contribution is 5.84. The van der Waals surface area contributed by atoms with E-state index < -0.39 is 0 Å². The largest absolute Gasteiger partial charge is 0.378 e. The van der Waals surface area contributed by atoms with Gasteiger partial charge < -0.3 is 35.6 Å². The Kier molecular flexibility index (Phi) is 11.1. The van der Waals surface area contributed by atoms with Gasteiger partial charge in [-0.25, -0.2) is 4.98 Å². The summed E-state index contributed by atoms with van der Waals surface area (Å²) in [5.41, 5.74) is 11.6. The van der Waals surface area contributed by atoms with Gasteiger partial charge in [-0.1, -0.05) is 33.8 Å². The van der Waals surface area contributed by atoms with Crippen LogP contribution in [-0.4, -0.2) is 70.0 Å². The number of fused-ring (bicyclic) bond motifs is 1. The maximum absolute atomic E-state index is 6.48. The van der Waals surface area contributed by atoms with Gasteiger partial charge in [-0.15, -0.1) is 0 Å². The van der Waals surface area contributed by atoms with E-state index >= 15 is 0 Å². The molecule has 1 aromatic carbocycles. The third-order valence-corrected chi connectivity index (χ3v) is 8.72. The number of anilines is 3. The van der Waals surface area contributed by atoms with Crippen molar-refractivity contribution in [3.63, 3.8) is 0 Å². The maximum atomic E-state index is 6.48. The van der Waals surface area contributed by atoms with E-state index in [-0.39, 0.29) is 17.1 Å². The number of nitrogens with zero attached hydrogens (tertiary/aromatic N) is 4. The Morgan fingerprint density at radius 2 is 1.86 bits per heavy atom. The second-order valence-electron chi connectivity index (χ2n) is 12.2. The van der Waals surface area contributed by atoms with E-state index in [2.05, 4.69) is 89.5 Å². The molecule has 4 N–H and O–H groups in total. The second kappa shape index (κ2) is 14.6. The van der Waals surface area contributed by atoms with Crippen LogP contribution >= 0.6 is 0 Å². The number of aryl methyl sites for hydroxylation is 1. The fraction of sp³-hybridized carbons (Fsp3) is 0.588. The van der Waals surface area contributed by atoms with Crippen molar-refractivity contribution in [3.8, 4) is 0 Å². The summed E-state index contributed by atoms with van der Waals surface area (Å²) >= 11 is 0. The minimum Gasteiger partial charge on any atom is -0.378 e. The van der Waals surface area contributed by atoms with Gasteiger partial charge in [-0.05, 0) is 69.0 Å². The predicted molar refractivity (Wildman–Crippen MR) is 179 cm³/mol. The van der Waals surface area contributed by atoms with Crippen molar-refractivity contribution in [3.05, 3.63) is 59.0 Å². The number of benzene rings is 1. The molecule has 2 aromatic rings. The summed E-state index contributed by atoms with van der Waals surface area (Å²) in [6.45, 7) is 18.0. The quantitative estimate of drug-likeness (QED) is 0.233. The summed E-state index contributed by atoms with van der Waals surface area (Å²) in [5, 5.41) is 7.23. The van der Waals surface area contributed by atoms with Crippen molar-refractivity contribution in [1.29, 1.82) is 0 Å². The van der Waals surface area contributed by atoms with Gasteiger partial charge in [0.2, 0.25) is 0 Å². The number of nitrogens with two attached hydrogens (primary N) is 1. The lowest BCUT2D eigenvalue weighted by Crippen LogP contribution is -2.37. The van der Waals surface area contributed by atoms with Crippen LogP contribution in [0.2, 0.25) is 0 Å². The number of ether oxygens (including phenoxy) is 2. The molecule has 3 heterocycles. The van der Waals surface area contributed by atoms with Crippen molar-refractivity contribution < 1.29 is 9.47 Å². The third kappa shape index (κ3) is 7.69. The molecule has 43 heavy (non-hydrogen) atoms. The Hall–Kier alpha value is -3.14. The first-order chi connectivity index (χ1) is 20.7. The number of rotatable bonds is 11. The second-order valence-corrected chi connectivity index (χ2v) is 12.2. The van der Waals surface area contributed by atoms with Gasteiger partial charge >= 0.3 is 0 Å². The van der Waals surface area contributed by atoms with Gasteiger partial charge in [-0.3, -0.25) is 4.99 Å².